The van der Waals surface area contributed by atoms with E-state index in [1.165, 1.54) is 0 Å². The molecule has 4 aromatic rings. The van der Waals surface area contributed by atoms with E-state index in [9.17, 15) is 14.4 Å². The number of hydrogen-bond donors (Lipinski definition) is 3. The zero-order chi connectivity index (χ0) is 36.0. The number of pyridine rings is 2. The summed E-state index contributed by atoms with van der Waals surface area (Å²) in [5, 5.41) is 9.48. The van der Waals surface area contributed by atoms with Crippen molar-refractivity contribution >= 4 is 46.8 Å². The van der Waals surface area contributed by atoms with Gasteiger partial charge in [0, 0.05) is 60.2 Å². The van der Waals surface area contributed by atoms with Crippen LogP contribution in [0.3, 0.4) is 0 Å². The lowest BCUT2D eigenvalue weighted by atomic mass is 10.0. The Morgan fingerprint density at radius 2 is 1.82 bits per heavy atom. The van der Waals surface area contributed by atoms with Crippen molar-refractivity contribution in [3.8, 4) is 28.1 Å². The number of rotatable bonds is 11. The van der Waals surface area contributed by atoms with Gasteiger partial charge in [-0.2, -0.15) is 0 Å². The van der Waals surface area contributed by atoms with Gasteiger partial charge in [0.1, 0.15) is 17.0 Å². The smallest absolute Gasteiger partial charge is 0.410 e. The first kappa shape index (κ1) is 36.6. The molecule has 3 N–H and O–H groups in total. The van der Waals surface area contributed by atoms with E-state index in [-0.39, 0.29) is 24.2 Å². The van der Waals surface area contributed by atoms with Gasteiger partial charge in [0.05, 0.1) is 35.1 Å². The Bertz CT molecular complexity index is 1880. The van der Waals surface area contributed by atoms with E-state index in [0.717, 1.165) is 11.1 Å². The summed E-state index contributed by atoms with van der Waals surface area (Å²) in [6, 6.07) is 15.9. The molecule has 0 unspecified atom stereocenters. The summed E-state index contributed by atoms with van der Waals surface area (Å²) in [6.07, 6.45) is 3.85. The summed E-state index contributed by atoms with van der Waals surface area (Å²) in [6.45, 7) is 6.55. The van der Waals surface area contributed by atoms with E-state index in [1.54, 1.807) is 48.7 Å². The van der Waals surface area contributed by atoms with Gasteiger partial charge in [0.25, 0.3) is 5.91 Å². The Morgan fingerprint density at radius 3 is 2.48 bits per heavy atom. The normalized spacial score (nSPS) is 14.2. The Labute approximate surface area is 301 Å². The monoisotopic (exact) mass is 718 g/mol. The highest BCUT2D eigenvalue weighted by Crippen LogP contribution is 2.41. The molecule has 0 radical (unpaired) electrons. The summed E-state index contributed by atoms with van der Waals surface area (Å²) in [5.41, 5.74) is 4.04. The molecular weight excluding hydrogens is 679 g/mol. The number of carbonyl (C=O) groups excluding carboxylic acids is 3. The number of amides is 3. The van der Waals surface area contributed by atoms with Gasteiger partial charge in [0.2, 0.25) is 5.91 Å². The van der Waals surface area contributed by atoms with E-state index in [2.05, 4.69) is 25.9 Å². The standard InChI is InChI=1S/C37H40Cl2N6O5/c1-37(2,3)50-36(48)45(21-25-12-14-31(46)43-25)20-24-11-10-23(17-30(24)49-5)34-33(39)27(15-16-41-34)26-7-6-8-28(32(26)38)44-35(47)29-13-9-22(18-40-4)19-42-29/h6-11,13,15-17,19,25,40H,12,14,18,20-21H2,1-5H3,(H,43,46)(H,44,47)/t25-/m0/s1. The highest BCUT2D eigenvalue weighted by atomic mass is 35.5. The summed E-state index contributed by atoms with van der Waals surface area (Å²) in [5.74, 6) is 0.0889. The Hall–Kier alpha value is -4.71. The van der Waals surface area contributed by atoms with Gasteiger partial charge >= 0.3 is 6.09 Å². The number of methoxy groups -OCH3 is 1. The number of carbonyl (C=O) groups is 3. The van der Waals surface area contributed by atoms with Crippen LogP contribution in [0.1, 0.15) is 55.2 Å². The number of hydrogen-bond acceptors (Lipinski definition) is 8. The van der Waals surface area contributed by atoms with Crippen LogP contribution in [0.15, 0.2) is 67.0 Å². The third kappa shape index (κ3) is 8.90. The molecule has 3 amide bonds. The molecule has 13 heteroatoms. The predicted molar refractivity (Wildman–Crippen MR) is 194 cm³/mol. The molecule has 1 fully saturated rings. The highest BCUT2D eigenvalue weighted by Gasteiger charge is 2.29. The lowest BCUT2D eigenvalue weighted by Crippen LogP contribution is -2.43. The SMILES string of the molecule is CNCc1ccc(C(=O)Nc2cccc(-c3ccnc(-c4ccc(CN(C[C@@H]5CCC(=O)N5)C(=O)OC(C)(C)C)c(OC)c4)c3Cl)c2Cl)nc1. The molecule has 11 nitrogen and oxygen atoms in total. The topological polar surface area (TPSA) is 135 Å². The maximum atomic E-state index is 13.2. The maximum Gasteiger partial charge on any atom is 0.410 e. The summed E-state index contributed by atoms with van der Waals surface area (Å²) >= 11 is 13.9. The van der Waals surface area contributed by atoms with Gasteiger partial charge in [0.15, 0.2) is 0 Å². The first-order chi connectivity index (χ1) is 23.9. The predicted octanol–water partition coefficient (Wildman–Crippen LogP) is 7.11. The van der Waals surface area contributed by atoms with Crippen molar-refractivity contribution in [2.45, 2.75) is 58.3 Å². The molecule has 5 rings (SSSR count). The molecule has 0 spiro atoms. The van der Waals surface area contributed by atoms with E-state index >= 15 is 0 Å². The van der Waals surface area contributed by atoms with Crippen molar-refractivity contribution in [1.29, 1.82) is 0 Å². The molecule has 262 valence electrons. The highest BCUT2D eigenvalue weighted by molar-refractivity contribution is 6.39. The van der Waals surface area contributed by atoms with Crippen molar-refractivity contribution in [3.05, 3.63) is 93.9 Å². The number of anilines is 1. The molecule has 0 bridgehead atoms. The largest absolute Gasteiger partial charge is 0.496 e. The van der Waals surface area contributed by atoms with Gasteiger partial charge in [-0.25, -0.2) is 4.79 Å². The lowest BCUT2D eigenvalue weighted by molar-refractivity contribution is -0.119. The molecule has 2 aromatic carbocycles. The van der Waals surface area contributed by atoms with Crippen LogP contribution in [0.5, 0.6) is 5.75 Å². The average Bonchev–Trinajstić information content (AvgIpc) is 3.49. The number of aromatic nitrogens is 2. The van der Waals surface area contributed by atoms with Crippen LogP contribution in [0.25, 0.3) is 22.4 Å². The number of nitrogens with one attached hydrogen (secondary N) is 3. The summed E-state index contributed by atoms with van der Waals surface area (Å²) < 4.78 is 11.5. The van der Waals surface area contributed by atoms with Crippen molar-refractivity contribution in [2.75, 3.05) is 26.0 Å². The molecule has 3 heterocycles. The van der Waals surface area contributed by atoms with Crippen LogP contribution in [-0.2, 0) is 22.6 Å². The quantitative estimate of drug-likeness (QED) is 0.149. The third-order valence-corrected chi connectivity index (χ3v) is 8.75. The Kier molecular flexibility index (Phi) is 11.6. The van der Waals surface area contributed by atoms with Crippen LogP contribution in [0.4, 0.5) is 10.5 Å². The van der Waals surface area contributed by atoms with Crippen LogP contribution in [0, 0.1) is 0 Å². The fourth-order valence-corrected chi connectivity index (χ4v) is 6.18. The lowest BCUT2D eigenvalue weighted by Gasteiger charge is -2.29. The van der Waals surface area contributed by atoms with Crippen LogP contribution in [-0.4, -0.2) is 65.1 Å². The van der Waals surface area contributed by atoms with Crippen LogP contribution >= 0.6 is 23.2 Å². The summed E-state index contributed by atoms with van der Waals surface area (Å²) in [4.78, 5) is 48.5. The second-order valence-electron chi connectivity index (χ2n) is 12.9. The Balaban J connectivity index is 1.40. The Morgan fingerprint density at radius 1 is 1.04 bits per heavy atom. The van der Waals surface area contributed by atoms with Gasteiger partial charge in [-0.15, -0.1) is 0 Å². The number of nitrogens with zero attached hydrogens (tertiary/aromatic N) is 3. The average molecular weight is 720 g/mol. The fourth-order valence-electron chi connectivity index (χ4n) is 5.58. The molecule has 1 atom stereocenters. The van der Waals surface area contributed by atoms with Crippen molar-refractivity contribution in [3.63, 3.8) is 0 Å². The minimum Gasteiger partial charge on any atom is -0.496 e. The third-order valence-electron chi connectivity index (χ3n) is 7.96. The van der Waals surface area contributed by atoms with Gasteiger partial charge in [-0.3, -0.25) is 19.6 Å². The maximum absolute atomic E-state index is 13.2. The minimum absolute atomic E-state index is 0.0334. The molecule has 1 aliphatic rings. The molecule has 1 aliphatic heterocycles. The second-order valence-corrected chi connectivity index (χ2v) is 13.7. The van der Waals surface area contributed by atoms with E-state index < -0.39 is 17.6 Å². The molecule has 50 heavy (non-hydrogen) atoms. The number of ether oxygens (including phenoxy) is 2. The van der Waals surface area contributed by atoms with Gasteiger partial charge < -0.3 is 30.3 Å². The minimum atomic E-state index is -0.695. The van der Waals surface area contributed by atoms with E-state index in [4.69, 9.17) is 32.7 Å². The second kappa shape index (κ2) is 15.9. The van der Waals surface area contributed by atoms with Crippen LogP contribution in [0.2, 0.25) is 10.0 Å². The molecular formula is C37H40Cl2N6O5. The first-order valence-electron chi connectivity index (χ1n) is 16.2. The molecule has 0 aliphatic carbocycles. The zero-order valence-corrected chi connectivity index (χ0v) is 30.1. The molecule has 0 saturated carbocycles. The molecule has 1 saturated heterocycles. The zero-order valence-electron chi connectivity index (χ0n) is 28.6. The van der Waals surface area contributed by atoms with Gasteiger partial charge in [-0.05, 0) is 64.1 Å². The number of benzene rings is 2. The van der Waals surface area contributed by atoms with E-state index in [0.29, 0.717) is 69.8 Å². The fraction of sp³-hybridized carbons (Fsp3) is 0.324. The van der Waals surface area contributed by atoms with Crippen molar-refractivity contribution in [1.82, 2.24) is 25.5 Å². The molecule has 2 aromatic heterocycles. The van der Waals surface area contributed by atoms with Crippen LogP contribution < -0.4 is 20.7 Å². The van der Waals surface area contributed by atoms with Crippen molar-refractivity contribution in [2.24, 2.45) is 0 Å². The summed E-state index contributed by atoms with van der Waals surface area (Å²) in [7, 11) is 3.39. The number of halogens is 2. The van der Waals surface area contributed by atoms with Gasteiger partial charge in [-0.1, -0.05) is 53.5 Å². The van der Waals surface area contributed by atoms with Crippen molar-refractivity contribution < 1.29 is 23.9 Å². The first-order valence-corrected chi connectivity index (χ1v) is 16.9. The van der Waals surface area contributed by atoms with E-state index in [1.807, 2.05) is 58.2 Å².